The van der Waals surface area contributed by atoms with Gasteiger partial charge in [0.1, 0.15) is 18.5 Å². The van der Waals surface area contributed by atoms with E-state index in [4.69, 9.17) is 9.84 Å². The highest BCUT2D eigenvalue weighted by Crippen LogP contribution is 2.26. The summed E-state index contributed by atoms with van der Waals surface area (Å²) in [7, 11) is 0. The second kappa shape index (κ2) is 10.4. The Bertz CT molecular complexity index is 942. The highest BCUT2D eigenvalue weighted by molar-refractivity contribution is 5.86. The van der Waals surface area contributed by atoms with Gasteiger partial charge in [0.2, 0.25) is 5.91 Å². The average molecular weight is 435 g/mol. The molecule has 1 N–H and O–H groups in total. The van der Waals surface area contributed by atoms with E-state index in [0.717, 1.165) is 40.6 Å². The molecule has 1 aromatic heterocycles. The van der Waals surface area contributed by atoms with Gasteiger partial charge in [-0.1, -0.05) is 30.3 Å². The quantitative estimate of drug-likeness (QED) is 0.670. The molecule has 1 amide bonds. The number of hydrogen-bond acceptors (Lipinski definition) is 4. The first-order valence-electron chi connectivity index (χ1n) is 9.23. The molecule has 3 aromatic rings. The standard InChI is InChI=1S/C22H22N2O3.2ClH/c25-15-22(26)24-11-9-20(10-12-24)27-19-7-5-16(6-8-19)18-13-17-3-1-2-4-21(17)23-14-18;;/h1-8,13-14,20,25H,9-12,15H2;2*1H. The van der Waals surface area contributed by atoms with E-state index >= 15 is 0 Å². The number of para-hydroxylation sites is 1. The SMILES string of the molecule is Cl.Cl.O=C(CO)N1CCC(Oc2ccc(-c3cnc4ccccc4c3)cc2)CC1. The fourth-order valence-electron chi connectivity index (χ4n) is 3.47. The van der Waals surface area contributed by atoms with Crippen molar-refractivity contribution >= 4 is 41.6 Å². The van der Waals surface area contributed by atoms with Crippen molar-refractivity contribution in [2.75, 3.05) is 19.7 Å². The molecular weight excluding hydrogens is 411 g/mol. The molecule has 1 saturated heterocycles. The predicted molar refractivity (Wildman–Crippen MR) is 119 cm³/mol. The van der Waals surface area contributed by atoms with E-state index in [9.17, 15) is 4.79 Å². The Morgan fingerprint density at radius 2 is 1.72 bits per heavy atom. The first-order valence-corrected chi connectivity index (χ1v) is 9.23. The van der Waals surface area contributed by atoms with E-state index in [0.29, 0.717) is 13.1 Å². The van der Waals surface area contributed by atoms with Crippen LogP contribution in [-0.4, -0.2) is 46.7 Å². The van der Waals surface area contributed by atoms with Crippen LogP contribution in [0.1, 0.15) is 12.8 Å². The average Bonchev–Trinajstić information content (AvgIpc) is 2.74. The number of ether oxygens (including phenoxy) is 1. The Morgan fingerprint density at radius 3 is 2.41 bits per heavy atom. The molecule has 0 bridgehead atoms. The van der Waals surface area contributed by atoms with Crippen molar-refractivity contribution in [3.8, 4) is 16.9 Å². The molecule has 7 heteroatoms. The molecule has 0 aliphatic carbocycles. The monoisotopic (exact) mass is 434 g/mol. The molecule has 1 fully saturated rings. The van der Waals surface area contributed by atoms with Gasteiger partial charge in [-0.3, -0.25) is 9.78 Å². The Balaban J connectivity index is 0.00000150. The van der Waals surface area contributed by atoms with Crippen molar-refractivity contribution in [1.82, 2.24) is 9.88 Å². The van der Waals surface area contributed by atoms with Gasteiger partial charge in [-0.2, -0.15) is 0 Å². The van der Waals surface area contributed by atoms with Gasteiger partial charge in [0.25, 0.3) is 0 Å². The lowest BCUT2D eigenvalue weighted by Crippen LogP contribution is -2.42. The summed E-state index contributed by atoms with van der Waals surface area (Å²) in [6.07, 6.45) is 3.55. The van der Waals surface area contributed by atoms with Crippen molar-refractivity contribution in [3.63, 3.8) is 0 Å². The van der Waals surface area contributed by atoms with Gasteiger partial charge in [0, 0.05) is 43.1 Å². The Labute approximate surface area is 182 Å². The van der Waals surface area contributed by atoms with Crippen LogP contribution >= 0.6 is 24.8 Å². The summed E-state index contributed by atoms with van der Waals surface area (Å²) in [6, 6.07) is 18.3. The molecule has 2 aromatic carbocycles. The lowest BCUT2D eigenvalue weighted by atomic mass is 10.0. The zero-order valence-electron chi connectivity index (χ0n) is 15.9. The number of pyridine rings is 1. The molecule has 0 atom stereocenters. The van der Waals surface area contributed by atoms with Crippen LogP contribution in [0, 0.1) is 0 Å². The number of aliphatic hydroxyl groups excluding tert-OH is 1. The minimum Gasteiger partial charge on any atom is -0.490 e. The molecule has 5 nitrogen and oxygen atoms in total. The second-order valence-corrected chi connectivity index (χ2v) is 6.80. The minimum absolute atomic E-state index is 0. The van der Waals surface area contributed by atoms with Crippen molar-refractivity contribution in [2.24, 2.45) is 0 Å². The summed E-state index contributed by atoms with van der Waals surface area (Å²) >= 11 is 0. The maximum absolute atomic E-state index is 11.5. The van der Waals surface area contributed by atoms with Crippen LogP contribution in [-0.2, 0) is 4.79 Å². The number of nitrogens with zero attached hydrogens (tertiary/aromatic N) is 2. The molecule has 2 heterocycles. The third kappa shape index (κ3) is 5.38. The van der Waals surface area contributed by atoms with Gasteiger partial charge < -0.3 is 14.7 Å². The van der Waals surface area contributed by atoms with E-state index < -0.39 is 6.61 Å². The van der Waals surface area contributed by atoms with Crippen molar-refractivity contribution in [2.45, 2.75) is 18.9 Å². The number of carbonyl (C=O) groups is 1. The summed E-state index contributed by atoms with van der Waals surface area (Å²) in [4.78, 5) is 17.7. The van der Waals surface area contributed by atoms with Gasteiger partial charge >= 0.3 is 0 Å². The van der Waals surface area contributed by atoms with Crippen LogP contribution < -0.4 is 4.74 Å². The Morgan fingerprint density at radius 1 is 1.03 bits per heavy atom. The summed E-state index contributed by atoms with van der Waals surface area (Å²) in [6.45, 7) is 0.840. The van der Waals surface area contributed by atoms with E-state index in [1.165, 1.54) is 0 Å². The molecule has 4 rings (SSSR count). The van der Waals surface area contributed by atoms with E-state index in [1.807, 2.05) is 48.7 Å². The molecule has 29 heavy (non-hydrogen) atoms. The summed E-state index contributed by atoms with van der Waals surface area (Å²) in [5.74, 6) is 0.626. The van der Waals surface area contributed by atoms with Crippen molar-refractivity contribution < 1.29 is 14.6 Å². The third-order valence-electron chi connectivity index (χ3n) is 5.01. The van der Waals surface area contributed by atoms with Crippen LogP contribution in [0.15, 0.2) is 60.8 Å². The van der Waals surface area contributed by atoms with Crippen molar-refractivity contribution in [3.05, 3.63) is 60.8 Å². The van der Waals surface area contributed by atoms with Crippen LogP contribution in [0.4, 0.5) is 0 Å². The number of hydrogen-bond donors (Lipinski definition) is 1. The van der Waals surface area contributed by atoms with E-state index in [2.05, 4.69) is 17.1 Å². The fourth-order valence-corrected chi connectivity index (χ4v) is 3.47. The van der Waals surface area contributed by atoms with Crippen LogP contribution in [0.3, 0.4) is 0 Å². The lowest BCUT2D eigenvalue weighted by Gasteiger charge is -2.31. The Kier molecular flexibility index (Phi) is 8.26. The highest BCUT2D eigenvalue weighted by atomic mass is 35.5. The second-order valence-electron chi connectivity index (χ2n) is 6.80. The molecule has 1 aliphatic heterocycles. The van der Waals surface area contributed by atoms with Crippen molar-refractivity contribution in [1.29, 1.82) is 0 Å². The maximum atomic E-state index is 11.5. The van der Waals surface area contributed by atoms with Gasteiger partial charge in [-0.05, 0) is 29.8 Å². The van der Waals surface area contributed by atoms with Gasteiger partial charge in [-0.15, -0.1) is 24.8 Å². The summed E-state index contributed by atoms with van der Waals surface area (Å²) in [5, 5.41) is 10.1. The number of amides is 1. The van der Waals surface area contributed by atoms with E-state index in [-0.39, 0.29) is 36.8 Å². The summed E-state index contributed by atoms with van der Waals surface area (Å²) in [5.41, 5.74) is 3.17. The first-order chi connectivity index (χ1) is 13.2. The molecule has 1 aliphatic rings. The molecule has 0 saturated carbocycles. The number of piperidine rings is 1. The fraction of sp³-hybridized carbons (Fsp3) is 0.273. The zero-order valence-corrected chi connectivity index (χ0v) is 17.5. The number of aliphatic hydroxyl groups is 1. The largest absolute Gasteiger partial charge is 0.490 e. The number of carbonyl (C=O) groups excluding carboxylic acids is 1. The number of likely N-dealkylation sites (tertiary alicyclic amines) is 1. The lowest BCUT2D eigenvalue weighted by molar-refractivity contribution is -0.135. The maximum Gasteiger partial charge on any atom is 0.248 e. The zero-order chi connectivity index (χ0) is 18.6. The predicted octanol–water partition coefficient (Wildman–Crippen LogP) is 4.11. The van der Waals surface area contributed by atoms with Gasteiger partial charge in [0.15, 0.2) is 0 Å². The smallest absolute Gasteiger partial charge is 0.248 e. The third-order valence-corrected chi connectivity index (χ3v) is 5.01. The number of benzene rings is 2. The normalized spacial score (nSPS) is 14.0. The molecule has 0 spiro atoms. The van der Waals surface area contributed by atoms with E-state index in [1.54, 1.807) is 4.90 Å². The van der Waals surface area contributed by atoms with Gasteiger partial charge in [-0.25, -0.2) is 0 Å². The molecule has 0 unspecified atom stereocenters. The molecular formula is C22H24Cl2N2O3. The highest BCUT2D eigenvalue weighted by Gasteiger charge is 2.23. The van der Waals surface area contributed by atoms with Crippen LogP contribution in [0.25, 0.3) is 22.0 Å². The number of fused-ring (bicyclic) bond motifs is 1. The summed E-state index contributed by atoms with van der Waals surface area (Å²) < 4.78 is 6.06. The number of halogens is 2. The van der Waals surface area contributed by atoms with Gasteiger partial charge in [0.05, 0.1) is 5.52 Å². The molecule has 0 radical (unpaired) electrons. The topological polar surface area (TPSA) is 62.7 Å². The van der Waals surface area contributed by atoms with Crippen LogP contribution in [0.2, 0.25) is 0 Å². The minimum atomic E-state index is -0.420. The molecule has 154 valence electrons. The number of aromatic nitrogens is 1. The van der Waals surface area contributed by atoms with Crippen LogP contribution in [0.5, 0.6) is 5.75 Å². The number of rotatable bonds is 4. The first kappa shape index (κ1) is 22.9. The Hall–Kier alpha value is -2.34.